The molecule has 0 fully saturated rings. The van der Waals surface area contributed by atoms with Crippen molar-refractivity contribution in [1.29, 1.82) is 0 Å². The molecule has 1 atom stereocenters. The van der Waals surface area contributed by atoms with E-state index < -0.39 is 0 Å². The number of nitrogens with one attached hydrogen (secondary N) is 1. The molecule has 0 aliphatic heterocycles. The normalized spacial score (nSPS) is 12.1. The predicted octanol–water partition coefficient (Wildman–Crippen LogP) is 2.09. The summed E-state index contributed by atoms with van der Waals surface area (Å²) in [4.78, 5) is 25.0. The highest BCUT2D eigenvalue weighted by molar-refractivity contribution is 5.83. The number of carbonyl (C=O) groups is 1. The largest absolute Gasteiger partial charge is 0.357 e. The van der Waals surface area contributed by atoms with E-state index in [1.54, 1.807) is 31.4 Å². The van der Waals surface area contributed by atoms with E-state index in [9.17, 15) is 4.79 Å². The van der Waals surface area contributed by atoms with Crippen LogP contribution in [0, 0.1) is 6.92 Å². The molecule has 24 heavy (non-hydrogen) atoms. The van der Waals surface area contributed by atoms with E-state index in [0.717, 1.165) is 16.7 Å². The maximum absolute atomic E-state index is 13.0. The van der Waals surface area contributed by atoms with Crippen LogP contribution in [0.5, 0.6) is 0 Å². The number of hydrogen-bond donors (Lipinski definition) is 1. The van der Waals surface area contributed by atoms with Crippen LogP contribution in [-0.4, -0.2) is 53.9 Å². The van der Waals surface area contributed by atoms with E-state index in [0.29, 0.717) is 12.5 Å². The van der Waals surface area contributed by atoms with Crippen molar-refractivity contribution in [2.75, 3.05) is 33.5 Å². The lowest BCUT2D eigenvalue weighted by Gasteiger charge is -2.28. The third-order valence-corrected chi connectivity index (χ3v) is 3.83. The van der Waals surface area contributed by atoms with Gasteiger partial charge in [-0.05, 0) is 26.6 Å². The predicted molar refractivity (Wildman–Crippen MR) is 95.7 cm³/mol. The van der Waals surface area contributed by atoms with Gasteiger partial charge in [0.25, 0.3) is 0 Å². The summed E-state index contributed by atoms with van der Waals surface area (Å²) in [6, 6.07) is 7.76. The van der Waals surface area contributed by atoms with Gasteiger partial charge in [0.1, 0.15) is 6.04 Å². The number of likely N-dealkylation sites (N-methyl/N-ethyl adjacent to an activating group) is 2. The lowest BCUT2D eigenvalue weighted by atomic mass is 10.0. The summed E-state index contributed by atoms with van der Waals surface area (Å²) in [7, 11) is 7.42. The molecule has 2 rings (SSSR count). The minimum Gasteiger partial charge on any atom is -0.357 e. The van der Waals surface area contributed by atoms with Crippen LogP contribution < -0.4 is 5.32 Å². The molecule has 1 aromatic carbocycles. The molecule has 6 nitrogen and oxygen atoms in total. The van der Waals surface area contributed by atoms with E-state index >= 15 is 0 Å². The zero-order chi connectivity index (χ0) is 17.7. The van der Waals surface area contributed by atoms with Gasteiger partial charge >= 0.3 is 0 Å². The van der Waals surface area contributed by atoms with Gasteiger partial charge in [0.2, 0.25) is 11.9 Å². The Hall–Kier alpha value is -2.47. The van der Waals surface area contributed by atoms with Crippen LogP contribution in [0.4, 0.5) is 5.95 Å². The topological polar surface area (TPSA) is 61.4 Å². The molecule has 1 amide bonds. The van der Waals surface area contributed by atoms with Crippen LogP contribution in [0.1, 0.15) is 22.7 Å². The number of amides is 1. The molecule has 1 N–H and O–H groups in total. The molecule has 0 aliphatic carbocycles. The zero-order valence-electron chi connectivity index (χ0n) is 14.9. The smallest absolute Gasteiger partial charge is 0.244 e. The molecule has 2 aromatic rings. The zero-order valence-corrected chi connectivity index (χ0v) is 14.9. The Kier molecular flexibility index (Phi) is 5.87. The molecule has 0 saturated heterocycles. The Balaban J connectivity index is 2.16. The van der Waals surface area contributed by atoms with E-state index in [4.69, 9.17) is 0 Å². The number of nitrogens with zero attached hydrogens (tertiary/aromatic N) is 4. The Labute approximate surface area is 143 Å². The van der Waals surface area contributed by atoms with Gasteiger partial charge in [-0.25, -0.2) is 9.97 Å². The number of benzene rings is 1. The maximum Gasteiger partial charge on any atom is 0.244 e. The second-order valence-electron chi connectivity index (χ2n) is 6.14. The van der Waals surface area contributed by atoms with E-state index in [-0.39, 0.29) is 11.9 Å². The average molecular weight is 327 g/mol. The molecule has 0 bridgehead atoms. The minimum atomic E-state index is -0.313. The number of aryl methyl sites for hydroxylation is 1. The highest BCUT2D eigenvalue weighted by Gasteiger charge is 2.26. The first-order chi connectivity index (χ1) is 11.4. The molecule has 128 valence electrons. The van der Waals surface area contributed by atoms with Gasteiger partial charge in [-0.2, -0.15) is 0 Å². The first kappa shape index (κ1) is 17.9. The first-order valence-corrected chi connectivity index (χ1v) is 7.89. The molecule has 0 spiro atoms. The molecule has 0 saturated carbocycles. The molecule has 0 aliphatic rings. The van der Waals surface area contributed by atoms with Crippen molar-refractivity contribution in [2.45, 2.75) is 19.5 Å². The van der Waals surface area contributed by atoms with Gasteiger partial charge < -0.3 is 10.2 Å². The van der Waals surface area contributed by atoms with Crippen LogP contribution in [0.15, 0.2) is 36.7 Å². The van der Waals surface area contributed by atoms with Crippen LogP contribution in [-0.2, 0) is 11.3 Å². The Bertz CT molecular complexity index is 684. The van der Waals surface area contributed by atoms with Gasteiger partial charge in [0.15, 0.2) is 0 Å². The average Bonchev–Trinajstić information content (AvgIpc) is 2.55. The Morgan fingerprint density at radius 3 is 2.42 bits per heavy atom. The van der Waals surface area contributed by atoms with Crippen LogP contribution in [0.2, 0.25) is 0 Å². The molecule has 6 heteroatoms. The van der Waals surface area contributed by atoms with E-state index in [2.05, 4.69) is 21.4 Å². The summed E-state index contributed by atoms with van der Waals surface area (Å²) in [5, 5.41) is 2.88. The molecule has 1 unspecified atom stereocenters. The fraction of sp³-hybridized carbons (Fsp3) is 0.389. The van der Waals surface area contributed by atoms with Crippen LogP contribution >= 0.6 is 0 Å². The van der Waals surface area contributed by atoms with Gasteiger partial charge in [0.05, 0.1) is 0 Å². The third kappa shape index (κ3) is 4.29. The summed E-state index contributed by atoms with van der Waals surface area (Å²) in [6.45, 7) is 2.50. The van der Waals surface area contributed by atoms with Gasteiger partial charge in [-0.15, -0.1) is 0 Å². The summed E-state index contributed by atoms with van der Waals surface area (Å²) in [5.41, 5.74) is 3.04. The fourth-order valence-electron chi connectivity index (χ4n) is 2.63. The number of aromatic nitrogens is 2. The molecule has 1 aromatic heterocycles. The Morgan fingerprint density at radius 1 is 1.21 bits per heavy atom. The standard InChI is InChI=1S/C18H25N5O/c1-13-7-6-8-15(9-13)16(22(3)4)17(24)23(5)12-14-10-20-18(19-2)21-11-14/h6-11,16H,12H2,1-5H3,(H,19,20,21). The van der Waals surface area contributed by atoms with Crippen molar-refractivity contribution < 1.29 is 4.79 Å². The third-order valence-electron chi connectivity index (χ3n) is 3.83. The first-order valence-electron chi connectivity index (χ1n) is 7.89. The van der Waals surface area contributed by atoms with Crippen molar-refractivity contribution in [3.63, 3.8) is 0 Å². The number of carbonyl (C=O) groups excluding carboxylic acids is 1. The van der Waals surface area contributed by atoms with Crippen molar-refractivity contribution in [3.05, 3.63) is 53.3 Å². The quantitative estimate of drug-likeness (QED) is 0.880. The summed E-state index contributed by atoms with van der Waals surface area (Å²) < 4.78 is 0. The lowest BCUT2D eigenvalue weighted by molar-refractivity contribution is -0.135. The van der Waals surface area contributed by atoms with Crippen LogP contribution in [0.3, 0.4) is 0 Å². The number of hydrogen-bond acceptors (Lipinski definition) is 5. The molecule has 1 heterocycles. The molecular weight excluding hydrogens is 302 g/mol. The lowest BCUT2D eigenvalue weighted by Crippen LogP contribution is -2.38. The highest BCUT2D eigenvalue weighted by atomic mass is 16.2. The highest BCUT2D eigenvalue weighted by Crippen LogP contribution is 2.22. The second kappa shape index (κ2) is 7.88. The summed E-state index contributed by atoms with van der Waals surface area (Å²) in [5.74, 6) is 0.613. The van der Waals surface area contributed by atoms with Gasteiger partial charge in [0, 0.05) is 38.6 Å². The van der Waals surface area contributed by atoms with Crippen LogP contribution in [0.25, 0.3) is 0 Å². The molecule has 0 radical (unpaired) electrons. The van der Waals surface area contributed by atoms with Gasteiger partial charge in [-0.1, -0.05) is 29.8 Å². The van der Waals surface area contributed by atoms with Crippen molar-refractivity contribution >= 4 is 11.9 Å². The van der Waals surface area contributed by atoms with Crippen molar-refractivity contribution in [3.8, 4) is 0 Å². The molecular formula is C18H25N5O. The summed E-state index contributed by atoms with van der Waals surface area (Å²) >= 11 is 0. The van der Waals surface area contributed by atoms with E-state index in [1.807, 2.05) is 44.1 Å². The minimum absolute atomic E-state index is 0.0447. The summed E-state index contributed by atoms with van der Waals surface area (Å²) in [6.07, 6.45) is 3.47. The van der Waals surface area contributed by atoms with Crippen molar-refractivity contribution in [1.82, 2.24) is 19.8 Å². The van der Waals surface area contributed by atoms with E-state index in [1.165, 1.54) is 0 Å². The SMILES string of the molecule is CNc1ncc(CN(C)C(=O)C(c2cccc(C)c2)N(C)C)cn1. The Morgan fingerprint density at radius 2 is 1.88 bits per heavy atom. The second-order valence-corrected chi connectivity index (χ2v) is 6.14. The number of anilines is 1. The fourth-order valence-corrected chi connectivity index (χ4v) is 2.63. The number of rotatable bonds is 6. The van der Waals surface area contributed by atoms with Crippen molar-refractivity contribution in [2.24, 2.45) is 0 Å². The van der Waals surface area contributed by atoms with Gasteiger partial charge in [-0.3, -0.25) is 9.69 Å². The maximum atomic E-state index is 13.0. The monoisotopic (exact) mass is 327 g/mol.